The van der Waals surface area contributed by atoms with Gasteiger partial charge in [0.05, 0.1) is 25.2 Å². The lowest BCUT2D eigenvalue weighted by Crippen LogP contribution is -2.45. The first-order valence-corrected chi connectivity index (χ1v) is 8.82. The molecule has 27 heavy (non-hydrogen) atoms. The van der Waals surface area contributed by atoms with E-state index in [1.54, 1.807) is 0 Å². The van der Waals surface area contributed by atoms with Gasteiger partial charge in [-0.15, -0.1) is 0 Å². The van der Waals surface area contributed by atoms with Crippen LogP contribution in [0, 0.1) is 23.6 Å². The van der Waals surface area contributed by atoms with Crippen LogP contribution in [0.25, 0.3) is 0 Å². The first-order valence-electron chi connectivity index (χ1n) is 8.82. The van der Waals surface area contributed by atoms with Crippen molar-refractivity contribution in [3.63, 3.8) is 0 Å². The molecule has 0 aromatic heterocycles. The highest BCUT2D eigenvalue weighted by Gasteiger charge is 2.47. The number of halogens is 1. The van der Waals surface area contributed by atoms with E-state index in [-0.39, 0.29) is 36.0 Å². The van der Waals surface area contributed by atoms with Crippen molar-refractivity contribution in [3.8, 4) is 11.8 Å². The van der Waals surface area contributed by atoms with Gasteiger partial charge in [0, 0.05) is 11.3 Å². The number of urea groups is 1. The third-order valence-electron chi connectivity index (χ3n) is 4.65. The topological polar surface area (TPSA) is 59.6 Å². The maximum absolute atomic E-state index is 12.9. The Bertz CT molecular complexity index is 860. The van der Waals surface area contributed by atoms with Crippen LogP contribution in [0.3, 0.4) is 0 Å². The van der Waals surface area contributed by atoms with E-state index in [1.807, 2.05) is 30.3 Å². The van der Waals surface area contributed by atoms with Gasteiger partial charge in [-0.25, -0.2) is 9.18 Å². The van der Waals surface area contributed by atoms with E-state index in [0.29, 0.717) is 18.9 Å². The molecular weight excluding hydrogens is 347 g/mol. The van der Waals surface area contributed by atoms with Crippen LogP contribution in [0.2, 0.25) is 0 Å². The molecule has 2 heterocycles. The normalized spacial score (nSPS) is 26.0. The van der Waals surface area contributed by atoms with Gasteiger partial charge in [0.15, 0.2) is 0 Å². The van der Waals surface area contributed by atoms with Crippen LogP contribution >= 0.6 is 0 Å². The molecule has 1 unspecified atom stereocenters. The zero-order chi connectivity index (χ0) is 18.6. The number of anilines is 1. The summed E-state index contributed by atoms with van der Waals surface area (Å²) < 4.78 is 24.6. The van der Waals surface area contributed by atoms with Crippen molar-refractivity contribution in [2.24, 2.45) is 5.92 Å². The zero-order valence-corrected chi connectivity index (χ0v) is 14.5. The lowest BCUT2D eigenvalue weighted by Gasteiger charge is -2.17. The zero-order valence-electron chi connectivity index (χ0n) is 14.5. The number of hydrogen-bond acceptors (Lipinski definition) is 3. The maximum Gasteiger partial charge on any atom is 0.319 e. The Labute approximate surface area is 156 Å². The number of benzene rings is 2. The van der Waals surface area contributed by atoms with E-state index in [1.165, 1.54) is 24.3 Å². The van der Waals surface area contributed by atoms with Gasteiger partial charge in [0.1, 0.15) is 18.0 Å². The van der Waals surface area contributed by atoms with Crippen molar-refractivity contribution in [2.45, 2.75) is 18.2 Å². The van der Waals surface area contributed by atoms with Crippen LogP contribution in [-0.2, 0) is 9.47 Å². The molecular formula is C21H19FN2O3. The predicted molar refractivity (Wildman–Crippen MR) is 98.6 cm³/mol. The summed E-state index contributed by atoms with van der Waals surface area (Å²) in [6, 6.07) is 14.7. The monoisotopic (exact) mass is 366 g/mol. The molecule has 2 aliphatic heterocycles. The third-order valence-corrected chi connectivity index (χ3v) is 4.65. The molecule has 5 nitrogen and oxygen atoms in total. The Kier molecular flexibility index (Phi) is 5.05. The van der Waals surface area contributed by atoms with E-state index in [2.05, 4.69) is 22.5 Å². The van der Waals surface area contributed by atoms with E-state index in [4.69, 9.17) is 9.47 Å². The second-order valence-corrected chi connectivity index (χ2v) is 6.55. The fourth-order valence-corrected chi connectivity index (χ4v) is 3.31. The molecule has 0 saturated carbocycles. The van der Waals surface area contributed by atoms with Gasteiger partial charge < -0.3 is 20.1 Å². The summed E-state index contributed by atoms with van der Waals surface area (Å²) in [5.74, 6) is 6.00. The van der Waals surface area contributed by atoms with Crippen LogP contribution in [0.15, 0.2) is 54.6 Å². The minimum atomic E-state index is -0.377. The van der Waals surface area contributed by atoms with Gasteiger partial charge in [-0.2, -0.15) is 0 Å². The molecule has 0 aliphatic carbocycles. The molecule has 0 bridgehead atoms. The highest BCUT2D eigenvalue weighted by atomic mass is 19.1. The standard InChI is InChI=1S/C21H19FN2O3/c22-16-8-10-17(11-9-16)23-21(25)24-18-13-27-19-15(12-26-20(18)19)7-6-14-4-2-1-3-5-14/h1-5,8-11,15,18-20H,12-13H2,(H2,23,24,25)/t15-,18+,19?,20-/m1/s1. The quantitative estimate of drug-likeness (QED) is 0.804. The summed E-state index contributed by atoms with van der Waals surface area (Å²) in [5, 5.41) is 5.54. The highest BCUT2D eigenvalue weighted by Crippen LogP contribution is 2.31. The number of hydrogen-bond donors (Lipinski definition) is 2. The predicted octanol–water partition coefficient (Wildman–Crippen LogP) is 2.78. The first-order chi connectivity index (χ1) is 13.2. The summed E-state index contributed by atoms with van der Waals surface area (Å²) >= 11 is 0. The summed E-state index contributed by atoms with van der Waals surface area (Å²) in [7, 11) is 0. The lowest BCUT2D eigenvalue weighted by molar-refractivity contribution is 0.0666. The Hall–Kier alpha value is -2.88. The number of carbonyl (C=O) groups excluding carboxylic acids is 1. The van der Waals surface area contributed by atoms with Crippen molar-refractivity contribution >= 4 is 11.7 Å². The maximum atomic E-state index is 12.9. The Balaban J connectivity index is 1.34. The Morgan fingerprint density at radius 3 is 2.52 bits per heavy atom. The van der Waals surface area contributed by atoms with Gasteiger partial charge in [-0.05, 0) is 36.4 Å². The van der Waals surface area contributed by atoms with Gasteiger partial charge in [0.25, 0.3) is 0 Å². The second kappa shape index (κ2) is 7.78. The minimum Gasteiger partial charge on any atom is -0.372 e. The number of amides is 2. The van der Waals surface area contributed by atoms with E-state index in [9.17, 15) is 9.18 Å². The number of fused-ring (bicyclic) bond motifs is 1. The number of carbonyl (C=O) groups is 1. The Morgan fingerprint density at radius 2 is 1.74 bits per heavy atom. The van der Waals surface area contributed by atoms with Crippen molar-refractivity contribution in [3.05, 3.63) is 66.0 Å². The van der Waals surface area contributed by atoms with Crippen LogP contribution in [-0.4, -0.2) is 37.5 Å². The van der Waals surface area contributed by atoms with E-state index < -0.39 is 0 Å². The number of rotatable bonds is 2. The average Bonchev–Trinajstić information content (AvgIpc) is 3.26. The number of nitrogens with one attached hydrogen (secondary N) is 2. The van der Waals surface area contributed by atoms with Crippen LogP contribution in [0.1, 0.15) is 5.56 Å². The Morgan fingerprint density at radius 1 is 1.00 bits per heavy atom. The van der Waals surface area contributed by atoms with Crippen molar-refractivity contribution in [1.29, 1.82) is 0 Å². The number of ether oxygens (including phenoxy) is 2. The molecule has 0 radical (unpaired) electrons. The molecule has 6 heteroatoms. The van der Waals surface area contributed by atoms with Crippen LogP contribution < -0.4 is 10.6 Å². The van der Waals surface area contributed by atoms with Crippen molar-refractivity contribution in [2.75, 3.05) is 18.5 Å². The summed E-state index contributed by atoms with van der Waals surface area (Å²) in [4.78, 5) is 12.2. The first kappa shape index (κ1) is 17.5. The van der Waals surface area contributed by atoms with Gasteiger partial charge >= 0.3 is 6.03 Å². The summed E-state index contributed by atoms with van der Waals surface area (Å²) in [5.41, 5.74) is 1.47. The van der Waals surface area contributed by atoms with Gasteiger partial charge in [-0.3, -0.25) is 0 Å². The fraction of sp³-hybridized carbons (Fsp3) is 0.286. The van der Waals surface area contributed by atoms with E-state index >= 15 is 0 Å². The molecule has 2 aliphatic rings. The largest absolute Gasteiger partial charge is 0.372 e. The molecule has 4 rings (SSSR count). The summed E-state index contributed by atoms with van der Waals surface area (Å²) in [6.45, 7) is 0.850. The van der Waals surface area contributed by atoms with Crippen LogP contribution in [0.5, 0.6) is 0 Å². The summed E-state index contributed by atoms with van der Waals surface area (Å²) in [6.07, 6.45) is -0.378. The molecule has 2 aromatic rings. The van der Waals surface area contributed by atoms with Crippen molar-refractivity contribution in [1.82, 2.24) is 5.32 Å². The molecule has 2 fully saturated rings. The SMILES string of the molecule is O=C(Nc1ccc(F)cc1)N[C@H]1COC2[C@H](C#Cc3ccccc3)CO[C@@H]21. The molecule has 138 valence electrons. The average molecular weight is 366 g/mol. The highest BCUT2D eigenvalue weighted by molar-refractivity contribution is 5.89. The minimum absolute atomic E-state index is 0.0258. The van der Waals surface area contributed by atoms with Crippen molar-refractivity contribution < 1.29 is 18.7 Å². The molecule has 2 amide bonds. The molecule has 4 atom stereocenters. The van der Waals surface area contributed by atoms with Gasteiger partial charge in [0.2, 0.25) is 0 Å². The lowest BCUT2D eigenvalue weighted by atomic mass is 10.0. The molecule has 0 spiro atoms. The molecule has 2 N–H and O–H groups in total. The fourth-order valence-electron chi connectivity index (χ4n) is 3.31. The molecule has 2 aromatic carbocycles. The second-order valence-electron chi connectivity index (χ2n) is 6.55. The van der Waals surface area contributed by atoms with E-state index in [0.717, 1.165) is 5.56 Å². The van der Waals surface area contributed by atoms with Gasteiger partial charge in [-0.1, -0.05) is 30.0 Å². The smallest absolute Gasteiger partial charge is 0.319 e. The third kappa shape index (κ3) is 4.11. The van der Waals surface area contributed by atoms with Crippen LogP contribution in [0.4, 0.5) is 14.9 Å². The molecule has 2 saturated heterocycles.